The van der Waals surface area contributed by atoms with E-state index in [-0.39, 0.29) is 11.5 Å². The van der Waals surface area contributed by atoms with Crippen molar-refractivity contribution in [3.05, 3.63) is 46.6 Å². The topological polar surface area (TPSA) is 37.8 Å². The second-order valence-corrected chi connectivity index (χ2v) is 4.33. The Hall–Kier alpha value is -1.89. The van der Waals surface area contributed by atoms with E-state index in [9.17, 15) is 17.6 Å². The number of alkyl halides is 3. The second kappa shape index (κ2) is 5.24. The number of nitrogens with one attached hydrogen (secondary N) is 1. The average Bonchev–Trinajstić information content (AvgIpc) is 2.32. The van der Waals surface area contributed by atoms with Crippen LogP contribution in [0.15, 0.2) is 24.3 Å². The van der Waals surface area contributed by atoms with Crippen LogP contribution in [0.3, 0.4) is 0 Å². The van der Waals surface area contributed by atoms with Crippen LogP contribution >= 0.6 is 11.6 Å². The fourth-order valence-electron chi connectivity index (χ4n) is 1.45. The summed E-state index contributed by atoms with van der Waals surface area (Å²) in [6.07, 6.45) is -4.64. The van der Waals surface area contributed by atoms with E-state index in [1.54, 1.807) is 6.92 Å². The first kappa shape index (κ1) is 14.5. The van der Waals surface area contributed by atoms with E-state index < -0.39 is 23.0 Å². The predicted molar refractivity (Wildman–Crippen MR) is 66.5 cm³/mol. The lowest BCUT2D eigenvalue weighted by Gasteiger charge is -2.10. The van der Waals surface area contributed by atoms with Gasteiger partial charge in [-0.25, -0.2) is 14.4 Å². The van der Waals surface area contributed by atoms with E-state index >= 15 is 0 Å². The van der Waals surface area contributed by atoms with Gasteiger partial charge in [-0.3, -0.25) is 0 Å². The van der Waals surface area contributed by atoms with Crippen LogP contribution in [0.25, 0.3) is 0 Å². The van der Waals surface area contributed by atoms with Gasteiger partial charge in [0.2, 0.25) is 5.28 Å². The van der Waals surface area contributed by atoms with Gasteiger partial charge in [-0.05, 0) is 36.2 Å². The third kappa shape index (κ3) is 3.36. The highest BCUT2D eigenvalue weighted by Gasteiger charge is 2.33. The highest BCUT2D eigenvalue weighted by atomic mass is 35.5. The number of anilines is 2. The first-order chi connectivity index (χ1) is 9.25. The molecule has 0 amide bonds. The lowest BCUT2D eigenvalue weighted by molar-refractivity contribution is -0.141. The molecule has 0 spiro atoms. The predicted octanol–water partition coefficient (Wildman–Crippen LogP) is 4.34. The van der Waals surface area contributed by atoms with Gasteiger partial charge in [-0.2, -0.15) is 13.2 Å². The highest BCUT2D eigenvalue weighted by Crippen LogP contribution is 2.30. The maximum Gasteiger partial charge on any atom is 0.433 e. The van der Waals surface area contributed by atoms with Gasteiger partial charge in [0, 0.05) is 11.8 Å². The molecule has 0 atom stereocenters. The summed E-state index contributed by atoms with van der Waals surface area (Å²) >= 11 is 5.44. The summed E-state index contributed by atoms with van der Waals surface area (Å²) in [7, 11) is 0. The maximum atomic E-state index is 13.4. The molecular weight excluding hydrogens is 298 g/mol. The first-order valence-electron chi connectivity index (χ1n) is 5.40. The van der Waals surface area contributed by atoms with Crippen LogP contribution in [0.4, 0.5) is 29.1 Å². The van der Waals surface area contributed by atoms with Gasteiger partial charge in [-0.1, -0.05) is 6.07 Å². The molecular formula is C12H8ClF4N3. The van der Waals surface area contributed by atoms with Crippen molar-refractivity contribution in [1.82, 2.24) is 9.97 Å². The Balaban J connectivity index is 2.33. The molecule has 20 heavy (non-hydrogen) atoms. The molecule has 1 aromatic carbocycles. The number of hydrogen-bond donors (Lipinski definition) is 1. The van der Waals surface area contributed by atoms with Crippen molar-refractivity contribution in [2.24, 2.45) is 0 Å². The number of aryl methyl sites for hydroxylation is 1. The van der Waals surface area contributed by atoms with Crippen LogP contribution in [0, 0.1) is 12.7 Å². The summed E-state index contributed by atoms with van der Waals surface area (Å²) in [5.74, 6) is -0.647. The average molecular weight is 306 g/mol. The minimum atomic E-state index is -4.64. The zero-order valence-corrected chi connectivity index (χ0v) is 10.8. The zero-order chi connectivity index (χ0) is 14.9. The molecule has 0 bridgehead atoms. The Morgan fingerprint density at radius 1 is 1.15 bits per heavy atom. The van der Waals surface area contributed by atoms with E-state index in [4.69, 9.17) is 11.6 Å². The molecule has 8 heteroatoms. The molecule has 1 N–H and O–H groups in total. The summed E-state index contributed by atoms with van der Waals surface area (Å²) in [5, 5.41) is 2.00. The molecule has 0 radical (unpaired) electrons. The lowest BCUT2D eigenvalue weighted by Crippen LogP contribution is -2.10. The van der Waals surface area contributed by atoms with Crippen LogP contribution in [-0.4, -0.2) is 9.97 Å². The minimum absolute atomic E-state index is 0.166. The number of hydrogen-bond acceptors (Lipinski definition) is 3. The van der Waals surface area contributed by atoms with Gasteiger partial charge in [-0.15, -0.1) is 0 Å². The fourth-order valence-corrected chi connectivity index (χ4v) is 1.63. The van der Waals surface area contributed by atoms with E-state index in [0.717, 1.165) is 6.07 Å². The van der Waals surface area contributed by atoms with Gasteiger partial charge in [0.05, 0.1) is 0 Å². The Morgan fingerprint density at radius 3 is 2.45 bits per heavy atom. The molecule has 1 heterocycles. The smallest absolute Gasteiger partial charge is 0.340 e. The second-order valence-electron chi connectivity index (χ2n) is 3.99. The van der Waals surface area contributed by atoms with Gasteiger partial charge < -0.3 is 5.32 Å². The zero-order valence-electron chi connectivity index (χ0n) is 10.1. The Kier molecular flexibility index (Phi) is 3.80. The quantitative estimate of drug-likeness (QED) is 0.662. The molecule has 0 saturated carbocycles. The number of nitrogens with zero attached hydrogens (tertiary/aromatic N) is 2. The van der Waals surface area contributed by atoms with Crippen LogP contribution in [0.1, 0.15) is 11.3 Å². The van der Waals surface area contributed by atoms with Crippen molar-refractivity contribution >= 4 is 23.1 Å². The van der Waals surface area contributed by atoms with E-state index in [2.05, 4.69) is 15.3 Å². The van der Waals surface area contributed by atoms with Crippen molar-refractivity contribution in [1.29, 1.82) is 0 Å². The maximum absolute atomic E-state index is 13.4. The molecule has 0 aliphatic rings. The van der Waals surface area contributed by atoms with E-state index in [1.807, 2.05) is 0 Å². The fraction of sp³-hybridized carbons (Fsp3) is 0.167. The third-order valence-electron chi connectivity index (χ3n) is 2.43. The largest absolute Gasteiger partial charge is 0.433 e. The van der Waals surface area contributed by atoms with Crippen molar-refractivity contribution in [2.45, 2.75) is 13.1 Å². The lowest BCUT2D eigenvalue weighted by atomic mass is 10.2. The Morgan fingerprint density at radius 2 is 1.85 bits per heavy atom. The van der Waals surface area contributed by atoms with Crippen LogP contribution < -0.4 is 5.32 Å². The summed E-state index contributed by atoms with van der Waals surface area (Å²) < 4.78 is 51.1. The summed E-state index contributed by atoms with van der Waals surface area (Å²) in [5.41, 5.74) is -0.490. The number of aromatic nitrogens is 2. The third-order valence-corrected chi connectivity index (χ3v) is 2.60. The van der Waals surface area contributed by atoms with E-state index in [1.165, 1.54) is 12.1 Å². The molecule has 2 aromatic rings. The molecule has 2 rings (SSSR count). The molecule has 0 aliphatic heterocycles. The molecule has 106 valence electrons. The monoisotopic (exact) mass is 305 g/mol. The van der Waals surface area contributed by atoms with Gasteiger partial charge in [0.25, 0.3) is 0 Å². The van der Waals surface area contributed by atoms with Gasteiger partial charge in [0.1, 0.15) is 11.6 Å². The van der Waals surface area contributed by atoms with Crippen molar-refractivity contribution in [3.8, 4) is 0 Å². The van der Waals surface area contributed by atoms with Crippen LogP contribution in [0.5, 0.6) is 0 Å². The molecule has 1 aromatic heterocycles. The molecule has 0 fully saturated rings. The standard InChI is InChI=1S/C12H8ClF4N3/c1-6-2-3-7(4-8(6)14)18-10-5-9(12(15,16)17)19-11(13)20-10/h2-5H,1H3,(H,18,19,20). The van der Waals surface area contributed by atoms with Crippen molar-refractivity contribution in [2.75, 3.05) is 5.32 Å². The molecule has 3 nitrogen and oxygen atoms in total. The highest BCUT2D eigenvalue weighted by molar-refractivity contribution is 6.28. The minimum Gasteiger partial charge on any atom is -0.340 e. The summed E-state index contributed by atoms with van der Waals surface area (Å²) in [4.78, 5) is 6.71. The Labute approximate surface area is 116 Å². The Bertz CT molecular complexity index is 643. The first-order valence-corrected chi connectivity index (χ1v) is 5.78. The van der Waals surface area contributed by atoms with Gasteiger partial charge >= 0.3 is 6.18 Å². The number of rotatable bonds is 2. The van der Waals surface area contributed by atoms with Crippen molar-refractivity contribution in [3.63, 3.8) is 0 Å². The van der Waals surface area contributed by atoms with E-state index in [0.29, 0.717) is 11.6 Å². The normalized spacial score (nSPS) is 11.5. The SMILES string of the molecule is Cc1ccc(Nc2cc(C(F)(F)F)nc(Cl)n2)cc1F. The molecule has 0 unspecified atom stereocenters. The molecule has 0 aliphatic carbocycles. The summed E-state index contributed by atoms with van der Waals surface area (Å²) in [6, 6.07) is 4.86. The van der Waals surface area contributed by atoms with Crippen molar-refractivity contribution < 1.29 is 17.6 Å². The number of benzene rings is 1. The van der Waals surface area contributed by atoms with Gasteiger partial charge in [0.15, 0.2) is 5.69 Å². The van der Waals surface area contributed by atoms with Crippen LogP contribution in [0.2, 0.25) is 5.28 Å². The number of halogens is 5. The molecule has 0 saturated heterocycles. The van der Waals surface area contributed by atoms with Crippen LogP contribution in [-0.2, 0) is 6.18 Å². The summed E-state index contributed by atoms with van der Waals surface area (Å²) in [6.45, 7) is 1.57.